The van der Waals surface area contributed by atoms with Crippen LogP contribution < -0.4 is 15.4 Å². The number of anilines is 2. The third-order valence-electron chi connectivity index (χ3n) is 5.13. The predicted molar refractivity (Wildman–Crippen MR) is 127 cm³/mol. The van der Waals surface area contributed by atoms with Crippen molar-refractivity contribution in [1.29, 1.82) is 0 Å². The van der Waals surface area contributed by atoms with Gasteiger partial charge in [-0.15, -0.1) is 0 Å². The van der Waals surface area contributed by atoms with Crippen LogP contribution in [0, 0.1) is 0 Å². The molecule has 3 N–H and O–H groups in total. The zero-order valence-electron chi connectivity index (χ0n) is 16.8. The van der Waals surface area contributed by atoms with Gasteiger partial charge in [-0.1, -0.05) is 10.5 Å². The van der Waals surface area contributed by atoms with E-state index in [2.05, 4.69) is 25.3 Å². The van der Waals surface area contributed by atoms with Gasteiger partial charge in [0.05, 0.1) is 22.6 Å². The van der Waals surface area contributed by atoms with Crippen molar-refractivity contribution in [3.05, 3.63) is 72.1 Å². The SMILES string of the molecule is O=C1Cc2c(ccc3c2S(=CNc2ccc(S(=O)(=O)NCc4ccncc4)cc2)C=N3)N1. The van der Waals surface area contributed by atoms with Crippen LogP contribution in [-0.4, -0.2) is 30.3 Å². The van der Waals surface area contributed by atoms with Crippen LogP contribution in [0.25, 0.3) is 0 Å². The molecule has 0 bridgehead atoms. The number of fused-ring (bicyclic) bond motifs is 3. The number of amides is 1. The average molecular weight is 466 g/mol. The van der Waals surface area contributed by atoms with Gasteiger partial charge in [-0.3, -0.25) is 9.78 Å². The lowest BCUT2D eigenvalue weighted by atomic mass is 10.1. The molecule has 5 rings (SSSR count). The second-order valence-electron chi connectivity index (χ2n) is 7.24. The van der Waals surface area contributed by atoms with E-state index in [4.69, 9.17) is 0 Å². The highest BCUT2D eigenvalue weighted by atomic mass is 32.2. The number of hydrogen-bond acceptors (Lipinski definition) is 5. The van der Waals surface area contributed by atoms with E-state index in [0.717, 1.165) is 33.1 Å². The van der Waals surface area contributed by atoms with Crippen molar-refractivity contribution >= 4 is 54.5 Å². The normalized spacial score (nSPS) is 16.6. The molecule has 1 amide bonds. The molecule has 1 aromatic heterocycles. The molecule has 0 fully saturated rings. The lowest BCUT2D eigenvalue weighted by molar-refractivity contribution is -0.115. The molecule has 8 nitrogen and oxygen atoms in total. The van der Waals surface area contributed by atoms with E-state index in [1.165, 1.54) is 0 Å². The second kappa shape index (κ2) is 8.30. The molecule has 2 aromatic carbocycles. The van der Waals surface area contributed by atoms with Crippen molar-refractivity contribution < 1.29 is 13.2 Å². The average Bonchev–Trinajstić information content (AvgIpc) is 3.39. The van der Waals surface area contributed by atoms with Crippen LogP contribution >= 0.6 is 10.5 Å². The van der Waals surface area contributed by atoms with Gasteiger partial charge in [0.15, 0.2) is 0 Å². The second-order valence-corrected chi connectivity index (χ2v) is 10.6. The summed E-state index contributed by atoms with van der Waals surface area (Å²) in [6.45, 7) is 0.196. The van der Waals surface area contributed by atoms with Crippen LogP contribution in [0.2, 0.25) is 0 Å². The molecule has 1 atom stereocenters. The molecule has 0 saturated carbocycles. The summed E-state index contributed by atoms with van der Waals surface area (Å²) in [4.78, 5) is 21.4. The number of pyridine rings is 1. The van der Waals surface area contributed by atoms with E-state index in [1.807, 2.05) is 23.2 Å². The standard InChI is InChI=1S/C22H19N5O3S2/c28-21-11-18-19(27-21)5-6-20-22(18)31(14-25-20)13-24-16-1-3-17(4-2-16)32(29,30)26-12-15-7-9-23-10-8-15/h1-10,13-14,24,26H,11-12H2,(H,27,28). The number of nitrogens with zero attached hydrogens (tertiary/aromatic N) is 2. The quantitative estimate of drug-likeness (QED) is 0.484. The van der Waals surface area contributed by atoms with E-state index < -0.39 is 20.5 Å². The van der Waals surface area contributed by atoms with Crippen LogP contribution in [0.3, 0.4) is 0 Å². The zero-order chi connectivity index (χ0) is 22.1. The van der Waals surface area contributed by atoms with Crippen molar-refractivity contribution in [2.75, 3.05) is 10.6 Å². The van der Waals surface area contributed by atoms with Gasteiger partial charge in [0.2, 0.25) is 15.9 Å². The highest BCUT2D eigenvalue weighted by Crippen LogP contribution is 2.46. The number of rotatable bonds is 6. The third-order valence-corrected chi connectivity index (χ3v) is 8.17. The fraction of sp³-hybridized carbons (Fsp3) is 0.0909. The van der Waals surface area contributed by atoms with E-state index in [-0.39, 0.29) is 17.3 Å². The van der Waals surface area contributed by atoms with E-state index >= 15 is 0 Å². The van der Waals surface area contributed by atoms with Gasteiger partial charge in [0.25, 0.3) is 0 Å². The fourth-order valence-electron chi connectivity index (χ4n) is 3.51. The molecule has 0 spiro atoms. The lowest BCUT2D eigenvalue weighted by Gasteiger charge is -2.09. The Morgan fingerprint density at radius 3 is 2.62 bits per heavy atom. The Morgan fingerprint density at radius 2 is 1.84 bits per heavy atom. The number of hydrogen-bond donors (Lipinski definition) is 3. The summed E-state index contributed by atoms with van der Waals surface area (Å²) in [5.74, 6) is -0.00820. The summed E-state index contributed by atoms with van der Waals surface area (Å²) in [5, 5.41) is 6.11. The molecule has 10 heteroatoms. The van der Waals surface area contributed by atoms with Crippen molar-refractivity contribution in [1.82, 2.24) is 9.71 Å². The first-order chi connectivity index (χ1) is 15.5. The fourth-order valence-corrected chi connectivity index (χ4v) is 6.13. The predicted octanol–water partition coefficient (Wildman–Crippen LogP) is 3.23. The molecule has 2 aliphatic heterocycles. The third kappa shape index (κ3) is 4.07. The molecular formula is C22H19N5O3S2. The maximum absolute atomic E-state index is 12.6. The number of benzene rings is 2. The Kier molecular flexibility index (Phi) is 5.33. The molecule has 3 aromatic rings. The number of aliphatic imine (C=N–C) groups is 1. The Bertz CT molecular complexity index is 1370. The van der Waals surface area contributed by atoms with Gasteiger partial charge in [-0.05, 0) is 54.1 Å². The number of carbonyl (C=O) groups is 1. The molecule has 0 saturated heterocycles. The maximum Gasteiger partial charge on any atom is 0.240 e. The zero-order valence-corrected chi connectivity index (χ0v) is 18.4. The minimum absolute atomic E-state index is 0.00820. The molecule has 0 radical (unpaired) electrons. The molecule has 2 aliphatic rings. The van der Waals surface area contributed by atoms with Gasteiger partial charge in [0.1, 0.15) is 0 Å². The van der Waals surface area contributed by atoms with E-state index in [1.54, 1.807) is 48.8 Å². The van der Waals surface area contributed by atoms with Crippen LogP contribution in [-0.2, 0) is 27.8 Å². The van der Waals surface area contributed by atoms with Crippen LogP contribution in [0.5, 0.6) is 0 Å². The van der Waals surface area contributed by atoms with E-state index in [0.29, 0.717) is 6.42 Å². The maximum atomic E-state index is 12.6. The molecule has 1 unspecified atom stereocenters. The lowest BCUT2D eigenvalue weighted by Crippen LogP contribution is -2.23. The Hall–Kier alpha value is -3.34. The van der Waals surface area contributed by atoms with Crippen LogP contribution in [0.4, 0.5) is 17.1 Å². The van der Waals surface area contributed by atoms with Gasteiger partial charge < -0.3 is 10.6 Å². The topological polar surface area (TPSA) is 113 Å². The summed E-state index contributed by atoms with van der Waals surface area (Å²) >= 11 is 0. The Balaban J connectivity index is 1.30. The first kappa shape index (κ1) is 20.6. The molecular weight excluding hydrogens is 446 g/mol. The van der Waals surface area contributed by atoms with Crippen LogP contribution in [0.1, 0.15) is 11.1 Å². The summed E-state index contributed by atoms with van der Waals surface area (Å²) in [7, 11) is -4.03. The molecule has 3 heterocycles. The van der Waals surface area contributed by atoms with Crippen molar-refractivity contribution in [2.45, 2.75) is 22.8 Å². The van der Waals surface area contributed by atoms with Crippen molar-refractivity contribution in [2.24, 2.45) is 4.99 Å². The van der Waals surface area contributed by atoms with Gasteiger partial charge in [-0.2, -0.15) is 0 Å². The highest BCUT2D eigenvalue weighted by Gasteiger charge is 2.26. The first-order valence-electron chi connectivity index (χ1n) is 9.80. The highest BCUT2D eigenvalue weighted by molar-refractivity contribution is 8.26. The summed E-state index contributed by atoms with van der Waals surface area (Å²) in [6, 6.07) is 13.9. The summed E-state index contributed by atoms with van der Waals surface area (Å²) in [6.07, 6.45) is 3.60. The van der Waals surface area contributed by atoms with Crippen molar-refractivity contribution in [3.63, 3.8) is 0 Å². The van der Waals surface area contributed by atoms with E-state index in [9.17, 15) is 13.2 Å². The summed E-state index contributed by atoms with van der Waals surface area (Å²) < 4.78 is 27.7. The minimum Gasteiger partial charge on any atom is -0.356 e. The van der Waals surface area contributed by atoms with Crippen LogP contribution in [0.15, 0.2) is 75.7 Å². The largest absolute Gasteiger partial charge is 0.356 e. The number of nitrogens with one attached hydrogen (secondary N) is 3. The Labute approximate surface area is 187 Å². The molecule has 0 aliphatic carbocycles. The number of sulfonamides is 1. The number of aromatic nitrogens is 1. The van der Waals surface area contributed by atoms with Gasteiger partial charge in [0, 0.05) is 46.3 Å². The van der Waals surface area contributed by atoms with Gasteiger partial charge in [-0.25, -0.2) is 18.1 Å². The molecule has 32 heavy (non-hydrogen) atoms. The van der Waals surface area contributed by atoms with Crippen molar-refractivity contribution in [3.8, 4) is 0 Å². The smallest absolute Gasteiger partial charge is 0.240 e. The van der Waals surface area contributed by atoms with Gasteiger partial charge >= 0.3 is 0 Å². The Morgan fingerprint density at radius 1 is 1.06 bits per heavy atom. The minimum atomic E-state index is -3.62. The summed E-state index contributed by atoms with van der Waals surface area (Å²) in [5.41, 5.74) is 8.09. The number of carbonyl (C=O) groups excluding carboxylic acids is 1. The molecule has 162 valence electrons. The first-order valence-corrected chi connectivity index (χ1v) is 12.6. The monoisotopic (exact) mass is 465 g/mol.